The van der Waals surface area contributed by atoms with Crippen LogP contribution < -0.4 is 0 Å². The van der Waals surface area contributed by atoms with Crippen molar-refractivity contribution in [1.82, 2.24) is 9.97 Å². The molecule has 0 aliphatic heterocycles. The molecule has 0 bridgehead atoms. The normalized spacial score (nSPS) is 12.1. The predicted molar refractivity (Wildman–Crippen MR) is 73.0 cm³/mol. The second-order valence-electron chi connectivity index (χ2n) is 3.91. The molecule has 0 aliphatic rings. The zero-order valence-corrected chi connectivity index (χ0v) is 11.0. The summed E-state index contributed by atoms with van der Waals surface area (Å²) >= 11 is 0. The van der Waals surface area contributed by atoms with Gasteiger partial charge in [-0.25, -0.2) is 4.98 Å². The van der Waals surface area contributed by atoms with Crippen molar-refractivity contribution < 1.29 is 1.43 Å². The number of aromatic nitrogens is 2. The van der Waals surface area contributed by atoms with Crippen LogP contribution in [0, 0.1) is 6.92 Å². The smallest absolute Gasteiger partial charge is 0.104 e. The Bertz CT molecular complexity index is 448. The Morgan fingerprint density at radius 2 is 2.06 bits per heavy atom. The summed E-state index contributed by atoms with van der Waals surface area (Å²) in [7, 11) is 0. The molecule has 2 nitrogen and oxygen atoms in total. The number of imidazole rings is 1. The van der Waals surface area contributed by atoms with E-state index >= 15 is 0 Å². The lowest BCUT2D eigenvalue weighted by Gasteiger charge is -2.07. The maximum Gasteiger partial charge on any atom is 0.104 e. The van der Waals surface area contributed by atoms with Gasteiger partial charge in [-0.1, -0.05) is 33.8 Å². The van der Waals surface area contributed by atoms with E-state index in [9.17, 15) is 0 Å². The SMILES string of the molecule is CC.CCC(C)c1ccc2nc(C)[nH]c2c1.[HH]. The van der Waals surface area contributed by atoms with Gasteiger partial charge >= 0.3 is 0 Å². The van der Waals surface area contributed by atoms with Crippen LogP contribution in [0.5, 0.6) is 0 Å². The van der Waals surface area contributed by atoms with E-state index in [2.05, 4.69) is 42.0 Å². The molecule has 90 valence electrons. The van der Waals surface area contributed by atoms with Crippen molar-refractivity contribution in [3.8, 4) is 0 Å². The van der Waals surface area contributed by atoms with E-state index in [0.717, 1.165) is 16.9 Å². The zero-order valence-electron chi connectivity index (χ0n) is 11.0. The molecule has 16 heavy (non-hydrogen) atoms. The van der Waals surface area contributed by atoms with Crippen LogP contribution in [0.1, 0.15) is 52.8 Å². The molecule has 1 aromatic carbocycles. The molecule has 0 aliphatic carbocycles. The summed E-state index contributed by atoms with van der Waals surface area (Å²) in [5, 5.41) is 0. The highest BCUT2D eigenvalue weighted by molar-refractivity contribution is 5.75. The van der Waals surface area contributed by atoms with E-state index in [1.54, 1.807) is 0 Å². The Hall–Kier alpha value is -1.31. The fourth-order valence-electron chi connectivity index (χ4n) is 1.70. The van der Waals surface area contributed by atoms with E-state index in [1.165, 1.54) is 12.0 Å². The molecule has 1 aromatic heterocycles. The van der Waals surface area contributed by atoms with E-state index in [4.69, 9.17) is 0 Å². The number of aryl methyl sites for hydroxylation is 1. The molecule has 0 amide bonds. The number of H-pyrrole nitrogens is 1. The summed E-state index contributed by atoms with van der Waals surface area (Å²) in [5.74, 6) is 1.62. The Balaban J connectivity index is 0.000000811. The zero-order chi connectivity index (χ0) is 12.1. The molecule has 2 aromatic rings. The molecule has 1 heterocycles. The predicted octanol–water partition coefficient (Wildman–Crippen LogP) is 4.66. The maximum absolute atomic E-state index is 4.38. The van der Waals surface area contributed by atoms with Crippen LogP contribution >= 0.6 is 0 Å². The summed E-state index contributed by atoms with van der Waals surface area (Å²) in [5.41, 5.74) is 3.61. The lowest BCUT2D eigenvalue weighted by molar-refractivity contribution is 0.734. The van der Waals surface area contributed by atoms with Crippen LogP contribution in [0.25, 0.3) is 11.0 Å². The van der Waals surface area contributed by atoms with Crippen molar-refractivity contribution in [3.05, 3.63) is 29.6 Å². The van der Waals surface area contributed by atoms with Crippen molar-refractivity contribution in [1.29, 1.82) is 0 Å². The third kappa shape index (κ3) is 2.63. The van der Waals surface area contributed by atoms with E-state index in [-0.39, 0.29) is 1.43 Å². The molecule has 0 saturated heterocycles. The number of hydrogen-bond donors (Lipinski definition) is 1. The number of nitrogens with one attached hydrogen (secondary N) is 1. The first-order valence-corrected chi connectivity index (χ1v) is 6.17. The molecular weight excluding hydrogens is 196 g/mol. The first-order chi connectivity index (χ1) is 7.70. The topological polar surface area (TPSA) is 28.7 Å². The minimum absolute atomic E-state index is 0. The first kappa shape index (κ1) is 12.8. The number of benzene rings is 1. The Morgan fingerprint density at radius 1 is 1.38 bits per heavy atom. The molecule has 0 fully saturated rings. The number of aromatic amines is 1. The maximum atomic E-state index is 4.38. The van der Waals surface area contributed by atoms with Gasteiger partial charge in [0.05, 0.1) is 11.0 Å². The van der Waals surface area contributed by atoms with Crippen molar-refractivity contribution in [2.75, 3.05) is 0 Å². The van der Waals surface area contributed by atoms with Gasteiger partial charge in [-0.15, -0.1) is 0 Å². The van der Waals surface area contributed by atoms with Gasteiger partial charge in [0.1, 0.15) is 5.82 Å². The van der Waals surface area contributed by atoms with Crippen LogP contribution in [-0.4, -0.2) is 9.97 Å². The molecular formula is C14H24N2. The van der Waals surface area contributed by atoms with Crippen LogP contribution in [0.3, 0.4) is 0 Å². The van der Waals surface area contributed by atoms with Gasteiger partial charge in [0.15, 0.2) is 0 Å². The third-order valence-electron chi connectivity index (χ3n) is 2.81. The average Bonchev–Trinajstić information content (AvgIpc) is 2.69. The van der Waals surface area contributed by atoms with Gasteiger partial charge in [-0.2, -0.15) is 0 Å². The van der Waals surface area contributed by atoms with E-state index in [1.807, 2.05) is 20.8 Å². The fraction of sp³-hybridized carbons (Fsp3) is 0.500. The summed E-state index contributed by atoms with van der Waals surface area (Å²) in [6.45, 7) is 10.5. The lowest BCUT2D eigenvalue weighted by atomic mass is 9.98. The highest BCUT2D eigenvalue weighted by Crippen LogP contribution is 2.22. The van der Waals surface area contributed by atoms with Crippen LogP contribution in [-0.2, 0) is 0 Å². The third-order valence-corrected chi connectivity index (χ3v) is 2.81. The van der Waals surface area contributed by atoms with Crippen molar-refractivity contribution in [3.63, 3.8) is 0 Å². The highest BCUT2D eigenvalue weighted by Gasteiger charge is 2.05. The quantitative estimate of drug-likeness (QED) is 0.783. The number of nitrogens with zero attached hydrogens (tertiary/aromatic N) is 1. The fourth-order valence-corrected chi connectivity index (χ4v) is 1.70. The van der Waals surface area contributed by atoms with Gasteiger partial charge < -0.3 is 4.98 Å². The van der Waals surface area contributed by atoms with Crippen LogP contribution in [0.4, 0.5) is 0 Å². The monoisotopic (exact) mass is 220 g/mol. The Kier molecular flexibility index (Phi) is 4.53. The molecule has 1 unspecified atom stereocenters. The minimum atomic E-state index is 0. The minimum Gasteiger partial charge on any atom is -0.342 e. The van der Waals surface area contributed by atoms with E-state index in [0.29, 0.717) is 5.92 Å². The number of hydrogen-bond acceptors (Lipinski definition) is 1. The average molecular weight is 220 g/mol. The number of rotatable bonds is 2. The highest BCUT2D eigenvalue weighted by atomic mass is 14.9. The first-order valence-electron chi connectivity index (χ1n) is 6.17. The van der Waals surface area contributed by atoms with Gasteiger partial charge in [0, 0.05) is 1.43 Å². The number of fused-ring (bicyclic) bond motifs is 1. The summed E-state index contributed by atoms with van der Waals surface area (Å²) in [6.07, 6.45) is 1.18. The second kappa shape index (κ2) is 5.69. The Morgan fingerprint density at radius 3 is 2.69 bits per heavy atom. The van der Waals surface area contributed by atoms with E-state index < -0.39 is 0 Å². The van der Waals surface area contributed by atoms with Gasteiger partial charge in [0.25, 0.3) is 0 Å². The van der Waals surface area contributed by atoms with Crippen molar-refractivity contribution in [2.45, 2.75) is 47.0 Å². The summed E-state index contributed by atoms with van der Waals surface area (Å²) in [4.78, 5) is 7.65. The second-order valence-corrected chi connectivity index (χ2v) is 3.91. The summed E-state index contributed by atoms with van der Waals surface area (Å²) in [6, 6.07) is 6.49. The lowest BCUT2D eigenvalue weighted by Crippen LogP contribution is -1.90. The standard InChI is InChI=1S/C12H16N2.C2H6.H2/c1-4-8(2)10-5-6-11-12(7-10)14-9(3)13-11;1-2;/h5-8H,4H2,1-3H3,(H,13,14);1-2H3;1H. The summed E-state index contributed by atoms with van der Waals surface area (Å²) < 4.78 is 0. The molecule has 0 spiro atoms. The molecule has 1 atom stereocenters. The van der Waals surface area contributed by atoms with Crippen molar-refractivity contribution >= 4 is 11.0 Å². The van der Waals surface area contributed by atoms with Crippen LogP contribution in [0.2, 0.25) is 0 Å². The van der Waals surface area contributed by atoms with Crippen molar-refractivity contribution in [2.24, 2.45) is 0 Å². The molecule has 0 saturated carbocycles. The van der Waals surface area contributed by atoms with Gasteiger partial charge in [-0.05, 0) is 37.0 Å². The Labute approximate surface area is 99.6 Å². The molecule has 0 radical (unpaired) electrons. The molecule has 1 N–H and O–H groups in total. The largest absolute Gasteiger partial charge is 0.342 e. The molecule has 2 rings (SSSR count). The molecule has 2 heteroatoms. The van der Waals surface area contributed by atoms with Crippen LogP contribution in [0.15, 0.2) is 18.2 Å². The van der Waals surface area contributed by atoms with Gasteiger partial charge in [-0.3, -0.25) is 0 Å². The van der Waals surface area contributed by atoms with Gasteiger partial charge in [0.2, 0.25) is 0 Å².